The number of aromatic amines is 1. The molecule has 0 aliphatic heterocycles. The minimum Gasteiger partial charge on any atom is -0.444 e. The molecule has 0 aliphatic carbocycles. The van der Waals surface area contributed by atoms with Crippen LogP contribution in [0.4, 0.5) is 4.79 Å². The molecule has 2 rings (SSSR count). The van der Waals surface area contributed by atoms with Gasteiger partial charge in [-0.3, -0.25) is 5.10 Å². The first-order valence-corrected chi connectivity index (χ1v) is 6.49. The molecule has 0 saturated carbocycles. The summed E-state index contributed by atoms with van der Waals surface area (Å²) >= 11 is 0. The van der Waals surface area contributed by atoms with Crippen LogP contribution in [0, 0.1) is 0 Å². The molecule has 0 unspecified atom stereocenters. The lowest BCUT2D eigenvalue weighted by atomic mass is 10.1. The van der Waals surface area contributed by atoms with Crippen molar-refractivity contribution in [3.8, 4) is 11.3 Å². The second kappa shape index (κ2) is 5.77. The molecule has 0 atom stereocenters. The van der Waals surface area contributed by atoms with Crippen LogP contribution in [0.2, 0.25) is 0 Å². The number of ether oxygens (including phenoxy) is 1. The van der Waals surface area contributed by atoms with Gasteiger partial charge in [0.15, 0.2) is 0 Å². The quantitative estimate of drug-likeness (QED) is 0.903. The van der Waals surface area contributed by atoms with Gasteiger partial charge in [-0.25, -0.2) is 4.79 Å². The van der Waals surface area contributed by atoms with E-state index in [0.717, 1.165) is 16.8 Å². The topological polar surface area (TPSA) is 67.0 Å². The van der Waals surface area contributed by atoms with Crippen LogP contribution in [-0.2, 0) is 11.3 Å². The number of nitrogens with zero attached hydrogens (tertiary/aromatic N) is 1. The fourth-order valence-corrected chi connectivity index (χ4v) is 1.71. The van der Waals surface area contributed by atoms with Gasteiger partial charge in [-0.05, 0) is 38.0 Å². The van der Waals surface area contributed by atoms with Gasteiger partial charge in [-0.15, -0.1) is 0 Å². The van der Waals surface area contributed by atoms with Crippen LogP contribution in [0.1, 0.15) is 26.3 Å². The molecule has 5 heteroatoms. The van der Waals surface area contributed by atoms with Crippen LogP contribution in [0.5, 0.6) is 0 Å². The summed E-state index contributed by atoms with van der Waals surface area (Å²) in [6.07, 6.45) is 1.31. The van der Waals surface area contributed by atoms with Gasteiger partial charge in [0, 0.05) is 12.7 Å². The highest BCUT2D eigenvalue weighted by molar-refractivity contribution is 5.67. The summed E-state index contributed by atoms with van der Waals surface area (Å²) in [5.74, 6) is 0. The maximum atomic E-state index is 11.5. The Morgan fingerprint density at radius 3 is 2.50 bits per heavy atom. The fourth-order valence-electron chi connectivity index (χ4n) is 1.71. The highest BCUT2D eigenvalue weighted by Crippen LogP contribution is 2.16. The first-order chi connectivity index (χ1) is 9.44. The SMILES string of the molecule is CC(C)(C)OC(=O)NCc1ccc(-c2ccn[nH]2)cc1. The Hall–Kier alpha value is -2.30. The Balaban J connectivity index is 1.90. The van der Waals surface area contributed by atoms with Gasteiger partial charge in [0.1, 0.15) is 5.60 Å². The van der Waals surface area contributed by atoms with Crippen molar-refractivity contribution >= 4 is 6.09 Å². The summed E-state index contributed by atoms with van der Waals surface area (Å²) < 4.78 is 5.18. The smallest absolute Gasteiger partial charge is 0.407 e. The first kappa shape index (κ1) is 14.1. The standard InChI is InChI=1S/C15H19N3O2/c1-15(2,3)20-14(19)16-10-11-4-6-12(7-5-11)13-8-9-17-18-13/h4-9H,10H2,1-3H3,(H,16,19)(H,17,18). The van der Waals surface area contributed by atoms with E-state index >= 15 is 0 Å². The van der Waals surface area contributed by atoms with Crippen molar-refractivity contribution in [2.45, 2.75) is 32.9 Å². The first-order valence-electron chi connectivity index (χ1n) is 6.49. The lowest BCUT2D eigenvalue weighted by Crippen LogP contribution is -2.32. The Morgan fingerprint density at radius 1 is 1.25 bits per heavy atom. The van der Waals surface area contributed by atoms with Gasteiger partial charge < -0.3 is 10.1 Å². The van der Waals surface area contributed by atoms with E-state index in [2.05, 4.69) is 15.5 Å². The van der Waals surface area contributed by atoms with Gasteiger partial charge in [0.05, 0.1) is 5.69 Å². The maximum absolute atomic E-state index is 11.5. The van der Waals surface area contributed by atoms with E-state index in [1.165, 1.54) is 0 Å². The number of nitrogens with one attached hydrogen (secondary N) is 2. The molecule has 5 nitrogen and oxygen atoms in total. The third-order valence-electron chi connectivity index (χ3n) is 2.60. The normalized spacial score (nSPS) is 11.2. The summed E-state index contributed by atoms with van der Waals surface area (Å²) in [4.78, 5) is 11.5. The van der Waals surface area contributed by atoms with Crippen LogP contribution in [-0.4, -0.2) is 21.9 Å². The number of aromatic nitrogens is 2. The number of amides is 1. The van der Waals surface area contributed by atoms with E-state index in [0.29, 0.717) is 6.54 Å². The average Bonchev–Trinajstić information content (AvgIpc) is 2.89. The van der Waals surface area contributed by atoms with Gasteiger partial charge in [-0.2, -0.15) is 5.10 Å². The zero-order valence-corrected chi connectivity index (χ0v) is 11.9. The largest absolute Gasteiger partial charge is 0.444 e. The van der Waals surface area contributed by atoms with E-state index in [1.54, 1.807) is 6.20 Å². The third kappa shape index (κ3) is 4.12. The number of hydrogen-bond donors (Lipinski definition) is 2. The van der Waals surface area contributed by atoms with E-state index in [4.69, 9.17) is 4.74 Å². The van der Waals surface area contributed by atoms with Gasteiger partial charge in [-0.1, -0.05) is 24.3 Å². The molecular formula is C15H19N3O2. The van der Waals surface area contributed by atoms with Crippen molar-refractivity contribution in [3.05, 3.63) is 42.1 Å². The van der Waals surface area contributed by atoms with E-state index in [9.17, 15) is 4.79 Å². The molecule has 0 fully saturated rings. The van der Waals surface area contributed by atoms with Gasteiger partial charge in [0.25, 0.3) is 0 Å². The lowest BCUT2D eigenvalue weighted by Gasteiger charge is -2.19. The molecule has 0 saturated heterocycles. The van der Waals surface area contributed by atoms with E-state index in [-0.39, 0.29) is 0 Å². The van der Waals surface area contributed by atoms with Crippen LogP contribution in [0.3, 0.4) is 0 Å². The number of carbonyl (C=O) groups excluding carboxylic acids is 1. The van der Waals surface area contributed by atoms with Crippen molar-refractivity contribution in [3.63, 3.8) is 0 Å². The predicted molar refractivity (Wildman–Crippen MR) is 77.1 cm³/mol. The highest BCUT2D eigenvalue weighted by atomic mass is 16.6. The summed E-state index contributed by atoms with van der Waals surface area (Å²) in [5.41, 5.74) is 2.56. The summed E-state index contributed by atoms with van der Waals surface area (Å²) in [6.45, 7) is 5.96. The molecule has 2 N–H and O–H groups in total. The molecule has 0 bridgehead atoms. The Labute approximate surface area is 118 Å². The Morgan fingerprint density at radius 2 is 1.95 bits per heavy atom. The molecule has 0 aliphatic rings. The van der Waals surface area contributed by atoms with Crippen molar-refractivity contribution in [1.82, 2.24) is 15.5 Å². The second-order valence-corrected chi connectivity index (χ2v) is 5.52. The molecular weight excluding hydrogens is 254 g/mol. The van der Waals surface area contributed by atoms with Crippen LogP contribution >= 0.6 is 0 Å². The Bertz CT molecular complexity index is 554. The van der Waals surface area contributed by atoms with Crippen molar-refractivity contribution in [1.29, 1.82) is 0 Å². The van der Waals surface area contributed by atoms with Gasteiger partial charge in [0.2, 0.25) is 0 Å². The summed E-state index contributed by atoms with van der Waals surface area (Å²) in [7, 11) is 0. The van der Waals surface area contributed by atoms with E-state index < -0.39 is 11.7 Å². The Kier molecular flexibility index (Phi) is 4.08. The zero-order valence-electron chi connectivity index (χ0n) is 11.9. The third-order valence-corrected chi connectivity index (χ3v) is 2.60. The molecule has 1 aromatic heterocycles. The average molecular weight is 273 g/mol. The molecule has 1 amide bonds. The maximum Gasteiger partial charge on any atom is 0.407 e. The molecule has 2 aromatic rings. The second-order valence-electron chi connectivity index (χ2n) is 5.52. The van der Waals surface area contributed by atoms with Gasteiger partial charge >= 0.3 is 6.09 Å². The van der Waals surface area contributed by atoms with Crippen LogP contribution in [0.15, 0.2) is 36.5 Å². The fraction of sp³-hybridized carbons (Fsp3) is 0.333. The van der Waals surface area contributed by atoms with Crippen LogP contribution < -0.4 is 5.32 Å². The van der Waals surface area contributed by atoms with Crippen molar-refractivity contribution in [2.24, 2.45) is 0 Å². The number of carbonyl (C=O) groups is 1. The minimum absolute atomic E-state index is 0.407. The monoisotopic (exact) mass is 273 g/mol. The predicted octanol–water partition coefficient (Wildman–Crippen LogP) is 3.10. The lowest BCUT2D eigenvalue weighted by molar-refractivity contribution is 0.0523. The van der Waals surface area contributed by atoms with E-state index in [1.807, 2.05) is 51.1 Å². The summed E-state index contributed by atoms with van der Waals surface area (Å²) in [5, 5.41) is 9.55. The molecule has 0 radical (unpaired) electrons. The molecule has 0 spiro atoms. The number of alkyl carbamates (subject to hydrolysis) is 1. The number of rotatable bonds is 3. The molecule has 1 aromatic carbocycles. The molecule has 106 valence electrons. The molecule has 20 heavy (non-hydrogen) atoms. The zero-order chi connectivity index (χ0) is 14.6. The minimum atomic E-state index is -0.478. The summed E-state index contributed by atoms with van der Waals surface area (Å²) in [6, 6.07) is 9.81. The van der Waals surface area contributed by atoms with Crippen LogP contribution in [0.25, 0.3) is 11.3 Å². The highest BCUT2D eigenvalue weighted by Gasteiger charge is 2.15. The van der Waals surface area contributed by atoms with Crippen molar-refractivity contribution in [2.75, 3.05) is 0 Å². The molecule has 1 heterocycles. The van der Waals surface area contributed by atoms with Crippen molar-refractivity contribution < 1.29 is 9.53 Å². The number of H-pyrrole nitrogens is 1. The number of benzene rings is 1. The number of hydrogen-bond acceptors (Lipinski definition) is 3.